The standard InChI is InChI=1S/C23H19FN6OS/c24-17-8-9-20-19(12-17)16(13-26-20)10-11-25-22(31)14-32-23-27-28-29-30(23)21-7-3-5-15-4-1-2-6-18(15)21/h1-9,12-13,26H,10-11,14H2,(H,25,31). The SMILES string of the molecule is O=C(CSc1nnnn1-c1cccc2ccccc12)NCCc1c[nH]c2ccc(F)cc12. The van der Waals surface area contributed by atoms with Crippen LogP contribution in [0.5, 0.6) is 0 Å². The molecular formula is C23H19FN6OS. The molecule has 5 rings (SSSR count). The van der Waals surface area contributed by atoms with Gasteiger partial charge >= 0.3 is 0 Å². The van der Waals surface area contributed by atoms with E-state index >= 15 is 0 Å². The van der Waals surface area contributed by atoms with Gasteiger partial charge in [0.15, 0.2) is 0 Å². The number of carbonyl (C=O) groups is 1. The van der Waals surface area contributed by atoms with Crippen molar-refractivity contribution in [2.75, 3.05) is 12.3 Å². The lowest BCUT2D eigenvalue weighted by Crippen LogP contribution is -2.27. The number of thioether (sulfide) groups is 1. The molecule has 9 heteroatoms. The average Bonchev–Trinajstić information content (AvgIpc) is 3.44. The van der Waals surface area contributed by atoms with Crippen LogP contribution in [0.4, 0.5) is 4.39 Å². The van der Waals surface area contributed by atoms with Crippen LogP contribution in [0.25, 0.3) is 27.4 Å². The van der Waals surface area contributed by atoms with Crippen LogP contribution in [-0.4, -0.2) is 43.4 Å². The van der Waals surface area contributed by atoms with E-state index in [-0.39, 0.29) is 17.5 Å². The third-order valence-corrected chi connectivity index (χ3v) is 6.13. The summed E-state index contributed by atoms with van der Waals surface area (Å²) in [6, 6.07) is 18.6. The number of amides is 1. The van der Waals surface area contributed by atoms with E-state index in [9.17, 15) is 9.18 Å². The van der Waals surface area contributed by atoms with Crippen molar-refractivity contribution in [3.05, 3.63) is 78.2 Å². The zero-order chi connectivity index (χ0) is 21.9. The largest absolute Gasteiger partial charge is 0.361 e. The first-order valence-corrected chi connectivity index (χ1v) is 11.1. The van der Waals surface area contributed by atoms with Crippen LogP contribution >= 0.6 is 11.8 Å². The number of halogens is 1. The molecule has 0 atom stereocenters. The average molecular weight is 447 g/mol. The smallest absolute Gasteiger partial charge is 0.230 e. The minimum absolute atomic E-state index is 0.117. The van der Waals surface area contributed by atoms with Gasteiger partial charge in [-0.25, -0.2) is 4.39 Å². The Labute approximate surface area is 187 Å². The predicted molar refractivity (Wildman–Crippen MR) is 122 cm³/mol. The number of rotatable bonds is 7. The Balaban J connectivity index is 1.21. The first-order chi connectivity index (χ1) is 15.7. The Morgan fingerprint density at radius 2 is 1.97 bits per heavy atom. The van der Waals surface area contributed by atoms with E-state index < -0.39 is 0 Å². The lowest BCUT2D eigenvalue weighted by molar-refractivity contribution is -0.118. The second kappa shape index (κ2) is 8.80. The molecule has 2 aromatic heterocycles. The molecule has 32 heavy (non-hydrogen) atoms. The fraction of sp³-hybridized carbons (Fsp3) is 0.130. The summed E-state index contributed by atoms with van der Waals surface area (Å²) in [6.07, 6.45) is 2.46. The summed E-state index contributed by atoms with van der Waals surface area (Å²) in [7, 11) is 0. The zero-order valence-corrected chi connectivity index (χ0v) is 17.8. The highest BCUT2D eigenvalue weighted by atomic mass is 32.2. The monoisotopic (exact) mass is 446 g/mol. The third kappa shape index (κ3) is 4.06. The van der Waals surface area contributed by atoms with E-state index in [1.807, 2.05) is 48.7 Å². The van der Waals surface area contributed by atoms with Crippen LogP contribution in [0.2, 0.25) is 0 Å². The summed E-state index contributed by atoms with van der Waals surface area (Å²) in [6.45, 7) is 0.455. The molecule has 0 unspecified atom stereocenters. The summed E-state index contributed by atoms with van der Waals surface area (Å²) >= 11 is 1.28. The normalized spacial score (nSPS) is 11.3. The number of fused-ring (bicyclic) bond motifs is 2. The fourth-order valence-corrected chi connectivity index (χ4v) is 4.40. The molecule has 0 radical (unpaired) electrons. The van der Waals surface area contributed by atoms with Crippen molar-refractivity contribution in [3.8, 4) is 5.69 Å². The van der Waals surface area contributed by atoms with Crippen molar-refractivity contribution in [1.29, 1.82) is 0 Å². The topological polar surface area (TPSA) is 88.5 Å². The van der Waals surface area contributed by atoms with Crippen LogP contribution < -0.4 is 5.32 Å². The Kier molecular flexibility index (Phi) is 5.55. The molecule has 2 N–H and O–H groups in total. The molecular weight excluding hydrogens is 427 g/mol. The first-order valence-electron chi connectivity index (χ1n) is 10.1. The van der Waals surface area contributed by atoms with Crippen molar-refractivity contribution in [2.24, 2.45) is 0 Å². The van der Waals surface area contributed by atoms with Gasteiger partial charge in [0.25, 0.3) is 0 Å². The maximum atomic E-state index is 13.5. The van der Waals surface area contributed by atoms with Gasteiger partial charge in [0, 0.05) is 29.0 Å². The van der Waals surface area contributed by atoms with Crippen molar-refractivity contribution >= 4 is 39.3 Å². The molecule has 1 amide bonds. The number of nitrogens with one attached hydrogen (secondary N) is 2. The predicted octanol–water partition coefficient (Wildman–Crippen LogP) is 3.89. The van der Waals surface area contributed by atoms with E-state index in [1.165, 1.54) is 23.9 Å². The second-order valence-electron chi connectivity index (χ2n) is 7.26. The summed E-state index contributed by atoms with van der Waals surface area (Å²) in [5.41, 5.74) is 2.71. The zero-order valence-electron chi connectivity index (χ0n) is 17.0. The van der Waals surface area contributed by atoms with E-state index in [4.69, 9.17) is 0 Å². The number of hydrogen-bond acceptors (Lipinski definition) is 5. The third-order valence-electron chi connectivity index (χ3n) is 5.21. The van der Waals surface area contributed by atoms with Crippen LogP contribution in [0, 0.1) is 5.82 Å². The molecule has 5 aromatic rings. The first kappa shape index (κ1) is 20.2. The molecule has 0 fully saturated rings. The highest BCUT2D eigenvalue weighted by Crippen LogP contribution is 2.25. The van der Waals surface area contributed by atoms with Gasteiger partial charge in [-0.15, -0.1) is 5.10 Å². The molecule has 0 aliphatic heterocycles. The fourth-order valence-electron chi connectivity index (χ4n) is 3.69. The quantitative estimate of drug-likeness (QED) is 0.370. The Morgan fingerprint density at radius 3 is 2.91 bits per heavy atom. The molecule has 7 nitrogen and oxygen atoms in total. The van der Waals surface area contributed by atoms with Crippen LogP contribution in [0.1, 0.15) is 5.56 Å². The van der Waals surface area contributed by atoms with Crippen molar-refractivity contribution in [2.45, 2.75) is 11.6 Å². The molecule has 0 aliphatic rings. The number of tetrazole rings is 1. The summed E-state index contributed by atoms with van der Waals surface area (Å²) in [4.78, 5) is 15.5. The van der Waals surface area contributed by atoms with Gasteiger partial charge in [0.05, 0.1) is 11.4 Å². The Bertz CT molecular complexity index is 1410. The number of aromatic nitrogens is 5. The lowest BCUT2D eigenvalue weighted by Gasteiger charge is -2.08. The molecule has 2 heterocycles. The van der Waals surface area contributed by atoms with Crippen molar-refractivity contribution < 1.29 is 9.18 Å². The van der Waals surface area contributed by atoms with E-state index in [1.54, 1.807) is 10.7 Å². The van der Waals surface area contributed by atoms with Crippen LogP contribution in [0.15, 0.2) is 72.0 Å². The number of aromatic amines is 1. The van der Waals surface area contributed by atoms with Gasteiger partial charge in [0.1, 0.15) is 5.82 Å². The number of carbonyl (C=O) groups excluding carboxylic acids is 1. The van der Waals surface area contributed by atoms with Gasteiger partial charge in [-0.2, -0.15) is 4.68 Å². The molecule has 0 spiro atoms. The van der Waals surface area contributed by atoms with Crippen LogP contribution in [-0.2, 0) is 11.2 Å². The number of benzene rings is 3. The van der Waals surface area contributed by atoms with E-state index in [0.29, 0.717) is 18.1 Å². The molecule has 0 bridgehead atoms. The number of hydrogen-bond donors (Lipinski definition) is 2. The summed E-state index contributed by atoms with van der Waals surface area (Å²) in [5.74, 6) is -0.204. The van der Waals surface area contributed by atoms with Crippen LogP contribution in [0.3, 0.4) is 0 Å². The molecule has 0 saturated carbocycles. The molecule has 0 aliphatic carbocycles. The Morgan fingerprint density at radius 1 is 1.09 bits per heavy atom. The number of H-pyrrole nitrogens is 1. The molecule has 3 aromatic carbocycles. The van der Waals surface area contributed by atoms with Gasteiger partial charge in [-0.05, 0) is 52.1 Å². The second-order valence-corrected chi connectivity index (χ2v) is 8.21. The number of nitrogens with zero attached hydrogens (tertiary/aromatic N) is 4. The lowest BCUT2D eigenvalue weighted by atomic mass is 10.1. The maximum Gasteiger partial charge on any atom is 0.230 e. The summed E-state index contributed by atoms with van der Waals surface area (Å²) < 4.78 is 15.2. The van der Waals surface area contributed by atoms with Gasteiger partial charge in [0.2, 0.25) is 11.1 Å². The summed E-state index contributed by atoms with van der Waals surface area (Å²) in [5, 5.41) is 18.4. The van der Waals surface area contributed by atoms with Gasteiger partial charge in [-0.1, -0.05) is 48.2 Å². The molecule has 160 valence electrons. The molecule has 0 saturated heterocycles. The van der Waals surface area contributed by atoms with Crippen molar-refractivity contribution in [1.82, 2.24) is 30.5 Å². The minimum Gasteiger partial charge on any atom is -0.361 e. The highest BCUT2D eigenvalue weighted by molar-refractivity contribution is 7.99. The van der Waals surface area contributed by atoms with E-state index in [0.717, 1.165) is 32.9 Å². The maximum absolute atomic E-state index is 13.5. The van der Waals surface area contributed by atoms with Gasteiger partial charge in [-0.3, -0.25) is 4.79 Å². The minimum atomic E-state index is -0.275. The van der Waals surface area contributed by atoms with Crippen molar-refractivity contribution in [3.63, 3.8) is 0 Å². The van der Waals surface area contributed by atoms with Gasteiger partial charge < -0.3 is 10.3 Å². The highest BCUT2D eigenvalue weighted by Gasteiger charge is 2.14. The van der Waals surface area contributed by atoms with E-state index in [2.05, 4.69) is 25.8 Å². The Hall–Kier alpha value is -3.72.